The van der Waals surface area contributed by atoms with Crippen molar-refractivity contribution < 1.29 is 33.3 Å². The summed E-state index contributed by atoms with van der Waals surface area (Å²) in [6.07, 6.45) is -0.597. The minimum atomic E-state index is -1.46. The number of hydrogen-bond donors (Lipinski definition) is 2. The van der Waals surface area contributed by atoms with Gasteiger partial charge in [0.2, 0.25) is 5.60 Å². The average molecular weight is 573 g/mol. The Balaban J connectivity index is 1.39. The number of carbonyl (C=O) groups is 2. The Kier molecular flexibility index (Phi) is 6.12. The van der Waals surface area contributed by atoms with E-state index in [1.807, 2.05) is 74.5 Å². The Morgan fingerprint density at radius 1 is 1.00 bits per heavy atom. The van der Waals surface area contributed by atoms with E-state index in [0.717, 1.165) is 5.56 Å². The van der Waals surface area contributed by atoms with E-state index in [9.17, 15) is 19.1 Å². The molecule has 0 radical (unpaired) electrons. The van der Waals surface area contributed by atoms with Crippen molar-refractivity contribution in [3.05, 3.63) is 102 Å². The Hall–Kier alpha value is -3.63. The molecule has 218 valence electrons. The number of anilines is 1. The van der Waals surface area contributed by atoms with Crippen LogP contribution in [0.25, 0.3) is 0 Å². The predicted octanol–water partition coefficient (Wildman–Crippen LogP) is 4.44. The normalized spacial score (nSPS) is 34.8. The van der Waals surface area contributed by atoms with Crippen LogP contribution in [0, 0.1) is 11.7 Å². The number of ether oxygens (including phenoxy) is 3. The van der Waals surface area contributed by atoms with Crippen LogP contribution in [-0.2, 0) is 35.1 Å². The number of carbonyl (C=O) groups excluding carboxylic acids is 2. The van der Waals surface area contributed by atoms with Crippen molar-refractivity contribution in [1.82, 2.24) is 4.90 Å². The smallest absolute Gasteiger partial charge is 0.308 e. The van der Waals surface area contributed by atoms with Gasteiger partial charge < -0.3 is 24.6 Å². The van der Waals surface area contributed by atoms with Crippen molar-refractivity contribution >= 4 is 17.6 Å². The lowest BCUT2D eigenvalue weighted by atomic mass is 9.76. The molecular formula is C33H33FN2O6. The van der Waals surface area contributed by atoms with E-state index in [0.29, 0.717) is 30.6 Å². The molecule has 6 atom stereocenters. The van der Waals surface area contributed by atoms with Crippen molar-refractivity contribution in [2.24, 2.45) is 5.92 Å². The number of epoxide rings is 2. The maximum absolute atomic E-state index is 14.6. The minimum Gasteiger partial charge on any atom is -0.462 e. The zero-order valence-corrected chi connectivity index (χ0v) is 23.5. The minimum absolute atomic E-state index is 0.0260. The fourth-order valence-corrected chi connectivity index (χ4v) is 7.57. The molecule has 9 heteroatoms. The number of benzene rings is 3. The highest BCUT2D eigenvalue weighted by atomic mass is 19.1. The molecule has 4 aliphatic rings. The van der Waals surface area contributed by atoms with Gasteiger partial charge in [0.05, 0.1) is 12.5 Å². The summed E-state index contributed by atoms with van der Waals surface area (Å²) in [4.78, 5) is 28.8. The van der Waals surface area contributed by atoms with Gasteiger partial charge in [-0.1, -0.05) is 74.5 Å². The molecule has 4 saturated heterocycles. The van der Waals surface area contributed by atoms with E-state index in [2.05, 4.69) is 10.2 Å². The summed E-state index contributed by atoms with van der Waals surface area (Å²) in [5.74, 6) is -1.33. The summed E-state index contributed by atoms with van der Waals surface area (Å²) >= 11 is 0. The fraction of sp³-hybridized carbons (Fsp3) is 0.394. The average Bonchev–Trinajstić information content (AvgIpc) is 3.86. The second-order valence-corrected chi connectivity index (χ2v) is 11.9. The first-order valence-corrected chi connectivity index (χ1v) is 14.4. The molecule has 0 spiro atoms. The van der Waals surface area contributed by atoms with Crippen LogP contribution < -0.4 is 5.32 Å². The van der Waals surface area contributed by atoms with Crippen LogP contribution in [0.15, 0.2) is 84.9 Å². The molecule has 0 aromatic heterocycles. The van der Waals surface area contributed by atoms with Gasteiger partial charge >= 0.3 is 5.97 Å². The first-order valence-electron chi connectivity index (χ1n) is 14.4. The van der Waals surface area contributed by atoms with Crippen molar-refractivity contribution in [2.75, 3.05) is 11.9 Å². The molecule has 0 saturated carbocycles. The van der Waals surface area contributed by atoms with Crippen molar-refractivity contribution in [1.29, 1.82) is 0 Å². The number of aliphatic hydroxyl groups excluding tert-OH is 1. The highest BCUT2D eigenvalue weighted by molar-refractivity contribution is 6.03. The number of aliphatic hydroxyl groups is 1. The molecule has 4 aliphatic heterocycles. The third-order valence-corrected chi connectivity index (χ3v) is 9.24. The summed E-state index contributed by atoms with van der Waals surface area (Å²) in [5, 5.41) is 13.3. The van der Waals surface area contributed by atoms with Crippen LogP contribution in [0.4, 0.5) is 10.1 Å². The zero-order valence-electron chi connectivity index (χ0n) is 23.5. The van der Waals surface area contributed by atoms with Gasteiger partial charge in [-0.3, -0.25) is 9.59 Å². The third-order valence-electron chi connectivity index (χ3n) is 9.24. The summed E-state index contributed by atoms with van der Waals surface area (Å²) in [5.41, 5.74) is -2.89. The number of likely N-dealkylation sites (tertiary alicyclic amines) is 1. The van der Waals surface area contributed by atoms with Gasteiger partial charge in [-0.25, -0.2) is 9.29 Å². The van der Waals surface area contributed by atoms with Gasteiger partial charge in [-0.15, -0.1) is 0 Å². The Bertz CT molecular complexity index is 1520. The maximum atomic E-state index is 14.6. The van der Waals surface area contributed by atoms with Gasteiger partial charge in [0, 0.05) is 24.2 Å². The van der Waals surface area contributed by atoms with Gasteiger partial charge in [-0.05, 0) is 42.2 Å². The maximum Gasteiger partial charge on any atom is 0.308 e. The van der Waals surface area contributed by atoms with Crippen LogP contribution >= 0.6 is 0 Å². The Morgan fingerprint density at radius 3 is 2.31 bits per heavy atom. The molecule has 4 heterocycles. The Labute approximate surface area is 243 Å². The number of nitrogens with zero attached hydrogens (tertiary/aromatic N) is 1. The standard InChI is InChI=1S/C33H33FN2O6/c1-21(2)32-31(42-32,29(39)35-25-11-7-4-8-12-25)30(22-9-5-3-6-10-22)33(41-30,23-13-15-24(34)16-14-23)36(32)18-17-27-19-26(37)20-28(38)40-27/h3-16,21,26-27,37H,17-20H2,1-2H3,(H,35,39). The number of para-hydroxylation sites is 1. The van der Waals surface area contributed by atoms with E-state index in [4.69, 9.17) is 14.2 Å². The molecule has 7 rings (SSSR count). The van der Waals surface area contributed by atoms with Crippen LogP contribution in [0.2, 0.25) is 0 Å². The summed E-state index contributed by atoms with van der Waals surface area (Å²) in [6, 6.07) is 24.9. The second-order valence-electron chi connectivity index (χ2n) is 11.9. The molecule has 6 unspecified atom stereocenters. The molecule has 1 amide bonds. The number of amides is 1. The first-order chi connectivity index (χ1) is 20.2. The number of nitrogens with one attached hydrogen (secondary N) is 1. The molecule has 0 aliphatic carbocycles. The van der Waals surface area contributed by atoms with Gasteiger partial charge in [-0.2, -0.15) is 0 Å². The van der Waals surface area contributed by atoms with Crippen LogP contribution in [0.3, 0.4) is 0 Å². The molecule has 42 heavy (non-hydrogen) atoms. The van der Waals surface area contributed by atoms with E-state index in [1.165, 1.54) is 12.1 Å². The topological polar surface area (TPSA) is 104 Å². The monoisotopic (exact) mass is 572 g/mol. The number of hydrogen-bond acceptors (Lipinski definition) is 7. The summed E-state index contributed by atoms with van der Waals surface area (Å²) < 4.78 is 33.4. The first kappa shape index (κ1) is 27.2. The lowest BCUT2D eigenvalue weighted by molar-refractivity contribution is -0.161. The largest absolute Gasteiger partial charge is 0.462 e. The van der Waals surface area contributed by atoms with Crippen molar-refractivity contribution in [3.8, 4) is 0 Å². The lowest BCUT2D eigenvalue weighted by Gasteiger charge is -2.36. The van der Waals surface area contributed by atoms with Crippen LogP contribution in [0.1, 0.15) is 44.2 Å². The van der Waals surface area contributed by atoms with E-state index in [-0.39, 0.29) is 24.1 Å². The lowest BCUT2D eigenvalue weighted by Crippen LogP contribution is -2.52. The van der Waals surface area contributed by atoms with E-state index in [1.54, 1.807) is 12.1 Å². The van der Waals surface area contributed by atoms with Crippen LogP contribution in [-0.4, -0.2) is 52.0 Å². The highest BCUT2D eigenvalue weighted by Gasteiger charge is 3.06. The van der Waals surface area contributed by atoms with E-state index >= 15 is 0 Å². The van der Waals surface area contributed by atoms with Crippen molar-refractivity contribution in [2.45, 2.75) is 68.0 Å². The molecule has 8 nitrogen and oxygen atoms in total. The summed E-state index contributed by atoms with van der Waals surface area (Å²) in [7, 11) is 0. The molecule has 0 bridgehead atoms. The third kappa shape index (κ3) is 3.48. The number of rotatable bonds is 8. The number of halogens is 1. The zero-order chi connectivity index (χ0) is 29.3. The molecule has 3 aromatic carbocycles. The SMILES string of the molecule is CC(C)C12OC1(C(=O)Nc1ccccc1)C1(c3ccccc3)OC1(c1ccc(F)cc1)N2CCC1CC(O)CC(=O)O1. The fourth-order valence-electron chi connectivity index (χ4n) is 7.57. The van der Waals surface area contributed by atoms with Crippen LogP contribution in [0.5, 0.6) is 0 Å². The number of cyclic esters (lactones) is 1. The number of esters is 1. The Morgan fingerprint density at radius 2 is 1.67 bits per heavy atom. The molecule has 4 fully saturated rings. The predicted molar refractivity (Wildman–Crippen MR) is 150 cm³/mol. The number of fused-ring (bicyclic) bond motifs is 3. The van der Waals surface area contributed by atoms with Crippen molar-refractivity contribution in [3.63, 3.8) is 0 Å². The molecule has 2 N–H and O–H groups in total. The molecule has 3 aromatic rings. The highest BCUT2D eigenvalue weighted by Crippen LogP contribution is 2.86. The van der Waals surface area contributed by atoms with Gasteiger partial charge in [0.25, 0.3) is 5.91 Å². The summed E-state index contributed by atoms with van der Waals surface area (Å²) in [6.45, 7) is 4.35. The van der Waals surface area contributed by atoms with E-state index < -0.39 is 40.8 Å². The quantitative estimate of drug-likeness (QED) is 0.304. The second kappa shape index (κ2) is 9.44. The van der Waals surface area contributed by atoms with Gasteiger partial charge in [0.15, 0.2) is 17.1 Å². The van der Waals surface area contributed by atoms with Gasteiger partial charge in [0.1, 0.15) is 11.9 Å². The molecular weight excluding hydrogens is 539 g/mol.